The Hall–Kier alpha value is -0.940. The van der Waals surface area contributed by atoms with Gasteiger partial charge in [0.1, 0.15) is 5.78 Å². The fourth-order valence-corrected chi connectivity index (χ4v) is 7.78. The largest absolute Gasteiger partial charge is 0.481 e. The van der Waals surface area contributed by atoms with Crippen LogP contribution in [0.25, 0.3) is 0 Å². The van der Waals surface area contributed by atoms with Crippen molar-refractivity contribution in [3.63, 3.8) is 0 Å². The average molecular weight is 350 g/mol. The summed E-state index contributed by atoms with van der Waals surface area (Å²) in [6, 6.07) is 0. The first kappa shape index (κ1) is 17.5. The van der Waals surface area contributed by atoms with Gasteiger partial charge < -0.3 is 15.3 Å². The molecule has 0 aromatic rings. The molecule has 2 bridgehead atoms. The number of carbonyl (C=O) groups excluding carboxylic acids is 1. The third-order valence-electron chi connectivity index (χ3n) is 9.01. The van der Waals surface area contributed by atoms with Crippen LogP contribution in [0.3, 0.4) is 0 Å². The summed E-state index contributed by atoms with van der Waals surface area (Å²) in [6.07, 6.45) is 3.24. The molecule has 0 unspecified atom stereocenters. The Morgan fingerprint density at radius 2 is 1.84 bits per heavy atom. The van der Waals surface area contributed by atoms with Gasteiger partial charge in [0.15, 0.2) is 0 Å². The zero-order valence-corrected chi connectivity index (χ0v) is 15.4. The third-order valence-corrected chi connectivity index (χ3v) is 9.01. The van der Waals surface area contributed by atoms with E-state index in [4.69, 9.17) is 0 Å². The summed E-state index contributed by atoms with van der Waals surface area (Å²) in [5, 5.41) is 33.0. The highest BCUT2D eigenvalue weighted by Crippen LogP contribution is 2.72. The first-order valence-electron chi connectivity index (χ1n) is 9.72. The van der Waals surface area contributed by atoms with Crippen LogP contribution in [0.5, 0.6) is 0 Å². The number of ketones is 1. The number of hydrogen-bond donors (Lipinski definition) is 3. The molecule has 5 nitrogen and oxygen atoms in total. The molecule has 0 heterocycles. The van der Waals surface area contributed by atoms with Crippen molar-refractivity contribution < 1.29 is 24.9 Å². The minimum absolute atomic E-state index is 0.0733. The first-order chi connectivity index (χ1) is 11.5. The van der Waals surface area contributed by atoms with Crippen LogP contribution in [-0.2, 0) is 9.59 Å². The number of hydrogen-bond acceptors (Lipinski definition) is 4. The van der Waals surface area contributed by atoms with Gasteiger partial charge >= 0.3 is 5.97 Å². The summed E-state index contributed by atoms with van der Waals surface area (Å²) in [6.45, 7) is 5.61. The van der Waals surface area contributed by atoms with Crippen molar-refractivity contribution in [2.75, 3.05) is 0 Å². The predicted molar refractivity (Wildman–Crippen MR) is 90.7 cm³/mol. The van der Waals surface area contributed by atoms with E-state index in [1.165, 1.54) is 0 Å². The normalized spacial score (nSPS) is 57.7. The molecule has 4 fully saturated rings. The van der Waals surface area contributed by atoms with E-state index >= 15 is 0 Å². The molecule has 8 atom stereocenters. The number of aliphatic carboxylic acids is 1. The van der Waals surface area contributed by atoms with Crippen molar-refractivity contribution in [1.29, 1.82) is 0 Å². The van der Waals surface area contributed by atoms with Crippen LogP contribution in [0.15, 0.2) is 0 Å². The van der Waals surface area contributed by atoms with Crippen LogP contribution in [0, 0.1) is 34.0 Å². The smallest absolute Gasteiger partial charge is 0.309 e. The van der Waals surface area contributed by atoms with Crippen molar-refractivity contribution >= 4 is 11.8 Å². The number of Topliss-reactive ketones (excluding diaryl/α,β-unsaturated/α-hetero) is 1. The molecule has 25 heavy (non-hydrogen) atoms. The molecule has 0 saturated heterocycles. The molecule has 0 amide bonds. The zero-order chi connectivity index (χ0) is 18.4. The van der Waals surface area contributed by atoms with Crippen molar-refractivity contribution in [1.82, 2.24) is 0 Å². The summed E-state index contributed by atoms with van der Waals surface area (Å²) in [7, 11) is 0. The molecular formula is C20H30O5. The molecule has 5 heteroatoms. The van der Waals surface area contributed by atoms with Crippen molar-refractivity contribution in [2.24, 2.45) is 34.0 Å². The molecule has 4 saturated carbocycles. The first-order valence-corrected chi connectivity index (χ1v) is 9.72. The summed E-state index contributed by atoms with van der Waals surface area (Å²) < 4.78 is 0. The van der Waals surface area contributed by atoms with E-state index in [9.17, 15) is 24.9 Å². The summed E-state index contributed by atoms with van der Waals surface area (Å²) in [5.74, 6) is -1.12. The molecule has 4 aliphatic rings. The predicted octanol–water partition coefficient (Wildman–Crippen LogP) is 2.38. The highest BCUT2D eigenvalue weighted by molar-refractivity contribution is 5.91. The van der Waals surface area contributed by atoms with Crippen LogP contribution in [0.2, 0.25) is 0 Å². The lowest BCUT2D eigenvalue weighted by Crippen LogP contribution is -2.73. The number of rotatable bonds is 1. The zero-order valence-electron chi connectivity index (χ0n) is 15.4. The van der Waals surface area contributed by atoms with Gasteiger partial charge in [-0.05, 0) is 51.4 Å². The third kappa shape index (κ3) is 1.72. The van der Waals surface area contributed by atoms with Gasteiger partial charge in [-0.2, -0.15) is 0 Å². The number of fused-ring (bicyclic) bond motifs is 3. The number of carboxylic acid groups (broad SMARTS) is 1. The van der Waals surface area contributed by atoms with Gasteiger partial charge in [-0.25, -0.2) is 0 Å². The van der Waals surface area contributed by atoms with Gasteiger partial charge in [-0.1, -0.05) is 20.3 Å². The van der Waals surface area contributed by atoms with Crippen molar-refractivity contribution in [2.45, 2.75) is 77.4 Å². The van der Waals surface area contributed by atoms with E-state index in [0.717, 1.165) is 6.42 Å². The van der Waals surface area contributed by atoms with Crippen LogP contribution in [-0.4, -0.2) is 38.8 Å². The molecule has 0 aliphatic heterocycles. The molecule has 1 spiro atoms. The fraction of sp³-hybridized carbons (Fsp3) is 0.900. The maximum absolute atomic E-state index is 13.2. The van der Waals surface area contributed by atoms with Gasteiger partial charge in [-0.15, -0.1) is 0 Å². The Morgan fingerprint density at radius 1 is 1.16 bits per heavy atom. The summed E-state index contributed by atoms with van der Waals surface area (Å²) in [5.41, 5.74) is -3.91. The van der Waals surface area contributed by atoms with Crippen LogP contribution in [0.1, 0.15) is 65.7 Å². The summed E-state index contributed by atoms with van der Waals surface area (Å²) >= 11 is 0. The molecule has 4 aliphatic carbocycles. The lowest BCUT2D eigenvalue weighted by molar-refractivity contribution is -0.280. The molecule has 140 valence electrons. The number of carboxylic acids is 1. The van der Waals surface area contributed by atoms with Gasteiger partial charge in [0.2, 0.25) is 0 Å². The molecule has 0 radical (unpaired) electrons. The van der Waals surface area contributed by atoms with Crippen LogP contribution >= 0.6 is 0 Å². The van der Waals surface area contributed by atoms with E-state index < -0.39 is 39.8 Å². The van der Waals surface area contributed by atoms with E-state index in [2.05, 4.69) is 0 Å². The second-order valence-electron chi connectivity index (χ2n) is 9.84. The Balaban J connectivity index is 1.90. The maximum Gasteiger partial charge on any atom is 0.309 e. The molecular weight excluding hydrogens is 320 g/mol. The number of aliphatic hydroxyl groups is 2. The molecule has 0 aromatic heterocycles. The van der Waals surface area contributed by atoms with Gasteiger partial charge in [0.25, 0.3) is 0 Å². The van der Waals surface area contributed by atoms with E-state index in [-0.39, 0.29) is 24.0 Å². The lowest BCUT2D eigenvalue weighted by atomic mass is 9.38. The Kier molecular flexibility index (Phi) is 3.40. The van der Waals surface area contributed by atoms with E-state index in [1.54, 1.807) is 6.92 Å². The standard InChI is InChI=1S/C20H30O5/c1-11-12-5-8-20(25)18(3)7-4-6-17(2,16(23)24)14(18)13(21)10-19(20,9-12)15(11)22/h11-14,21,25H,4-10H2,1-3H3,(H,23,24)/t11-,12-,13-,14-,17-,18-,19-,20-/m1/s1. The highest BCUT2D eigenvalue weighted by atomic mass is 16.4. The second kappa shape index (κ2) is 4.86. The average Bonchev–Trinajstić information content (AvgIpc) is 2.73. The molecule has 4 rings (SSSR count). The van der Waals surface area contributed by atoms with E-state index in [1.807, 2.05) is 13.8 Å². The summed E-state index contributed by atoms with van der Waals surface area (Å²) in [4.78, 5) is 25.3. The highest BCUT2D eigenvalue weighted by Gasteiger charge is 2.77. The van der Waals surface area contributed by atoms with Gasteiger partial charge in [0.05, 0.1) is 22.5 Å². The minimum atomic E-state index is -1.21. The lowest BCUT2D eigenvalue weighted by Gasteiger charge is -2.68. The maximum atomic E-state index is 13.2. The van der Waals surface area contributed by atoms with Crippen LogP contribution < -0.4 is 0 Å². The monoisotopic (exact) mass is 350 g/mol. The Morgan fingerprint density at radius 3 is 2.48 bits per heavy atom. The molecule has 3 N–H and O–H groups in total. The second-order valence-corrected chi connectivity index (χ2v) is 9.84. The van der Waals surface area contributed by atoms with E-state index in [0.29, 0.717) is 32.1 Å². The Bertz CT molecular complexity index is 646. The number of carbonyl (C=O) groups is 2. The molecule has 0 aromatic carbocycles. The topological polar surface area (TPSA) is 94.8 Å². The Labute approximate surface area is 148 Å². The van der Waals surface area contributed by atoms with Gasteiger partial charge in [0, 0.05) is 17.3 Å². The minimum Gasteiger partial charge on any atom is -0.481 e. The fourth-order valence-electron chi connectivity index (χ4n) is 7.78. The van der Waals surface area contributed by atoms with Gasteiger partial charge in [-0.3, -0.25) is 9.59 Å². The quantitative estimate of drug-likeness (QED) is 0.675. The van der Waals surface area contributed by atoms with Crippen molar-refractivity contribution in [3.05, 3.63) is 0 Å². The number of aliphatic hydroxyl groups excluding tert-OH is 1. The van der Waals surface area contributed by atoms with Crippen molar-refractivity contribution in [3.8, 4) is 0 Å². The van der Waals surface area contributed by atoms with Crippen LogP contribution in [0.4, 0.5) is 0 Å². The SMILES string of the molecule is C[C@H]1C(=O)[C@]23C[C@H]1CC[C@@]2(O)[C@]1(C)CCC[C@@](C)(C(=O)O)[C@H]1[C@H](O)C3.